The van der Waals surface area contributed by atoms with Gasteiger partial charge in [-0.25, -0.2) is 4.39 Å². The molecule has 1 aromatic heterocycles. The standard InChI is InChI=1S/C26H26F5N3O5/c1-12-19(16-4-5-17(27)20(28)21(16)37-3)22(39-25(12,2)26(29,30)31)23(35)33-13-6-7-32-18(8-13)24(36)34-10-14-9-15(11-34)38-14/h4-8,12,14-15,19,22H,9-11H2,1-3H3,(H,32,33,35)/t12-,14?,15?,19-,22+,25+/m0/s1. The molecule has 2 aromatic rings. The van der Waals surface area contributed by atoms with E-state index in [9.17, 15) is 31.5 Å². The first-order chi connectivity index (χ1) is 18.3. The number of alkyl halides is 3. The van der Waals surface area contributed by atoms with E-state index < -0.39 is 53.0 Å². The van der Waals surface area contributed by atoms with Crippen molar-refractivity contribution in [3.63, 3.8) is 0 Å². The number of hydrogen-bond acceptors (Lipinski definition) is 6. The third-order valence-electron chi connectivity index (χ3n) is 7.86. The minimum Gasteiger partial charge on any atom is -0.493 e. The molecule has 1 N–H and O–H groups in total. The molecule has 8 nitrogen and oxygen atoms in total. The fourth-order valence-corrected chi connectivity index (χ4v) is 5.56. The summed E-state index contributed by atoms with van der Waals surface area (Å²) < 4.78 is 86.7. The third kappa shape index (κ3) is 4.61. The van der Waals surface area contributed by atoms with E-state index in [2.05, 4.69) is 10.3 Å². The number of halogens is 5. The largest absolute Gasteiger partial charge is 0.493 e. The number of anilines is 1. The van der Waals surface area contributed by atoms with Gasteiger partial charge in [-0.3, -0.25) is 14.6 Å². The minimum absolute atomic E-state index is 0.0229. The summed E-state index contributed by atoms with van der Waals surface area (Å²) in [5.41, 5.74) is -2.79. The SMILES string of the molecule is COc1c([C@H]2[C@H](C(=O)Nc3ccnc(C(=O)N4CC5CC(C4)O5)c3)O[C@@](C)(C(F)(F)F)[C@H]2C)ccc(F)c1F. The Bertz CT molecular complexity index is 1290. The number of hydrogen-bond donors (Lipinski definition) is 1. The van der Waals surface area contributed by atoms with Gasteiger partial charge in [-0.05, 0) is 25.1 Å². The number of nitrogens with zero attached hydrogens (tertiary/aromatic N) is 2. The molecule has 13 heteroatoms. The highest BCUT2D eigenvalue weighted by atomic mass is 19.4. The lowest BCUT2D eigenvalue weighted by atomic mass is 9.77. The second-order valence-electron chi connectivity index (χ2n) is 10.2. The van der Waals surface area contributed by atoms with Crippen molar-refractivity contribution in [3.05, 3.63) is 53.4 Å². The summed E-state index contributed by atoms with van der Waals surface area (Å²) in [6.45, 7) is 2.85. The van der Waals surface area contributed by atoms with Gasteiger partial charge in [0.25, 0.3) is 11.8 Å². The van der Waals surface area contributed by atoms with Crippen molar-refractivity contribution in [2.45, 2.75) is 56.3 Å². The van der Waals surface area contributed by atoms with Crippen molar-refractivity contribution in [2.75, 3.05) is 25.5 Å². The maximum Gasteiger partial charge on any atom is 0.417 e. The van der Waals surface area contributed by atoms with Crippen molar-refractivity contribution in [3.8, 4) is 5.75 Å². The van der Waals surface area contributed by atoms with Crippen molar-refractivity contribution in [2.24, 2.45) is 5.92 Å². The molecule has 2 amide bonds. The molecule has 4 fully saturated rings. The van der Waals surface area contributed by atoms with Crippen LogP contribution in [0.4, 0.5) is 27.6 Å². The Kier molecular flexibility index (Phi) is 6.78. The number of rotatable bonds is 5. The summed E-state index contributed by atoms with van der Waals surface area (Å²) in [6.07, 6.45) is -4.52. The number of morpholine rings is 1. The van der Waals surface area contributed by atoms with E-state index in [-0.39, 0.29) is 35.1 Å². The van der Waals surface area contributed by atoms with E-state index in [0.29, 0.717) is 13.1 Å². The van der Waals surface area contributed by atoms with Crippen molar-refractivity contribution < 1.29 is 45.8 Å². The number of methoxy groups -OCH3 is 1. The van der Waals surface area contributed by atoms with Crippen LogP contribution in [0.25, 0.3) is 0 Å². The van der Waals surface area contributed by atoms with E-state index >= 15 is 0 Å². The number of ether oxygens (including phenoxy) is 3. The molecule has 210 valence electrons. The third-order valence-corrected chi connectivity index (χ3v) is 7.86. The molecular formula is C26H26F5N3O5. The van der Waals surface area contributed by atoms with Gasteiger partial charge >= 0.3 is 6.18 Å². The van der Waals surface area contributed by atoms with Crippen LogP contribution in [0.1, 0.15) is 42.2 Å². The topological polar surface area (TPSA) is 90.0 Å². The molecule has 2 unspecified atom stereocenters. The highest BCUT2D eigenvalue weighted by molar-refractivity contribution is 5.98. The molecule has 0 aliphatic carbocycles. The summed E-state index contributed by atoms with van der Waals surface area (Å²) in [4.78, 5) is 32.0. The molecule has 5 heterocycles. The smallest absolute Gasteiger partial charge is 0.417 e. The quantitative estimate of drug-likeness (QED) is 0.560. The maximum atomic E-state index is 14.5. The van der Waals surface area contributed by atoms with Crippen LogP contribution in [0, 0.1) is 17.6 Å². The van der Waals surface area contributed by atoms with E-state index in [0.717, 1.165) is 32.6 Å². The number of carbonyl (C=O) groups is 2. The van der Waals surface area contributed by atoms with Gasteiger partial charge in [-0.1, -0.05) is 13.0 Å². The van der Waals surface area contributed by atoms with Gasteiger partial charge in [0.2, 0.25) is 5.82 Å². The molecule has 0 radical (unpaired) electrons. The Morgan fingerprint density at radius 1 is 1.18 bits per heavy atom. The van der Waals surface area contributed by atoms with E-state index in [1.807, 2.05) is 0 Å². The lowest BCUT2D eigenvalue weighted by Gasteiger charge is -2.46. The normalized spacial score (nSPS) is 30.1. The van der Waals surface area contributed by atoms with Gasteiger partial charge in [-0.2, -0.15) is 17.6 Å². The van der Waals surface area contributed by atoms with Crippen LogP contribution in [0.5, 0.6) is 5.75 Å². The monoisotopic (exact) mass is 555 g/mol. The Labute approximate surface area is 220 Å². The molecule has 4 aliphatic heterocycles. The lowest BCUT2D eigenvalue weighted by molar-refractivity contribution is -0.272. The first-order valence-corrected chi connectivity index (χ1v) is 12.3. The number of amides is 2. The van der Waals surface area contributed by atoms with Crippen molar-refractivity contribution in [1.82, 2.24) is 9.88 Å². The van der Waals surface area contributed by atoms with Crippen LogP contribution < -0.4 is 10.1 Å². The average molecular weight is 556 g/mol. The van der Waals surface area contributed by atoms with E-state index in [1.165, 1.54) is 25.3 Å². The second-order valence-corrected chi connectivity index (χ2v) is 10.2. The summed E-state index contributed by atoms with van der Waals surface area (Å²) in [5.74, 6) is -7.35. The fourth-order valence-electron chi connectivity index (χ4n) is 5.56. The van der Waals surface area contributed by atoms with Gasteiger partial charge < -0.3 is 24.4 Å². The van der Waals surface area contributed by atoms with E-state index in [4.69, 9.17) is 14.2 Å². The highest BCUT2D eigenvalue weighted by Gasteiger charge is 2.66. The Morgan fingerprint density at radius 3 is 2.46 bits per heavy atom. The van der Waals surface area contributed by atoms with Crippen LogP contribution in [0.3, 0.4) is 0 Å². The van der Waals surface area contributed by atoms with Gasteiger partial charge in [0, 0.05) is 48.8 Å². The van der Waals surface area contributed by atoms with Crippen molar-refractivity contribution >= 4 is 17.5 Å². The predicted molar refractivity (Wildman–Crippen MR) is 126 cm³/mol. The molecule has 2 bridgehead atoms. The minimum atomic E-state index is -4.89. The summed E-state index contributed by atoms with van der Waals surface area (Å²) in [5, 5.41) is 2.50. The Hall–Kier alpha value is -3.32. The maximum absolute atomic E-state index is 14.5. The van der Waals surface area contributed by atoms with Gasteiger partial charge in [0.15, 0.2) is 17.2 Å². The molecule has 4 saturated heterocycles. The highest BCUT2D eigenvalue weighted by Crippen LogP contribution is 2.55. The number of aromatic nitrogens is 1. The van der Waals surface area contributed by atoms with Crippen LogP contribution in [-0.2, 0) is 14.3 Å². The zero-order chi connectivity index (χ0) is 28.3. The number of piperidine rings is 1. The Balaban J connectivity index is 1.44. The molecular weight excluding hydrogens is 529 g/mol. The summed E-state index contributed by atoms with van der Waals surface area (Å²) in [7, 11) is 1.05. The molecule has 1 aromatic carbocycles. The van der Waals surface area contributed by atoms with Gasteiger partial charge in [0.05, 0.1) is 19.3 Å². The second kappa shape index (κ2) is 9.70. The van der Waals surface area contributed by atoms with Crippen LogP contribution >= 0.6 is 0 Å². The molecule has 4 aliphatic rings. The zero-order valence-corrected chi connectivity index (χ0v) is 21.2. The van der Waals surface area contributed by atoms with Gasteiger partial charge in [-0.15, -0.1) is 0 Å². The molecule has 0 spiro atoms. The molecule has 6 atom stereocenters. The van der Waals surface area contributed by atoms with Crippen LogP contribution in [0.15, 0.2) is 30.5 Å². The number of nitrogens with one attached hydrogen (secondary N) is 1. The van der Waals surface area contributed by atoms with Gasteiger partial charge in [0.1, 0.15) is 11.8 Å². The average Bonchev–Trinajstić information content (AvgIpc) is 3.16. The number of fused-ring (bicyclic) bond motifs is 2. The first kappa shape index (κ1) is 27.3. The van der Waals surface area contributed by atoms with Crippen molar-refractivity contribution in [1.29, 1.82) is 0 Å². The van der Waals surface area contributed by atoms with Crippen LogP contribution in [0.2, 0.25) is 0 Å². The summed E-state index contributed by atoms with van der Waals surface area (Å²) >= 11 is 0. The molecule has 0 saturated carbocycles. The molecule has 6 rings (SSSR count). The number of benzene rings is 1. The lowest BCUT2D eigenvalue weighted by Crippen LogP contribution is -2.58. The van der Waals surface area contributed by atoms with Crippen LogP contribution in [-0.4, -0.2) is 72.0 Å². The number of pyridine rings is 1. The zero-order valence-electron chi connectivity index (χ0n) is 21.2. The molecule has 39 heavy (non-hydrogen) atoms. The summed E-state index contributed by atoms with van der Waals surface area (Å²) in [6, 6.07) is 4.53. The van der Waals surface area contributed by atoms with E-state index in [1.54, 1.807) is 4.90 Å². The number of carbonyl (C=O) groups excluding carboxylic acids is 2. The predicted octanol–water partition coefficient (Wildman–Crippen LogP) is 4.06. The first-order valence-electron chi connectivity index (χ1n) is 12.3. The Morgan fingerprint density at radius 2 is 1.85 bits per heavy atom. The fraction of sp³-hybridized carbons (Fsp3) is 0.500.